The number of thiophene rings is 2. The van der Waals surface area contributed by atoms with E-state index in [-0.39, 0.29) is 0 Å². The quantitative estimate of drug-likeness (QED) is 0.255. The fourth-order valence-corrected chi connectivity index (χ4v) is 5.94. The molecule has 30 heavy (non-hydrogen) atoms. The maximum atomic E-state index is 2.39. The van der Waals surface area contributed by atoms with E-state index in [0.717, 1.165) is 0 Å². The fraction of sp³-hybridized carbons (Fsp3) is 0.111. The first-order valence-corrected chi connectivity index (χ1v) is 12.2. The van der Waals surface area contributed by atoms with Crippen molar-refractivity contribution < 1.29 is 0 Å². The van der Waals surface area contributed by atoms with Crippen molar-refractivity contribution in [2.45, 2.75) is 19.8 Å². The van der Waals surface area contributed by atoms with Crippen LogP contribution in [0.25, 0.3) is 32.3 Å². The first-order chi connectivity index (χ1) is 14.7. The molecule has 0 N–H and O–H groups in total. The van der Waals surface area contributed by atoms with Crippen LogP contribution < -0.4 is 4.90 Å². The minimum atomic E-state index is 0.502. The van der Waals surface area contributed by atoms with E-state index < -0.39 is 0 Å². The van der Waals surface area contributed by atoms with Crippen LogP contribution in [-0.4, -0.2) is 0 Å². The summed E-state index contributed by atoms with van der Waals surface area (Å²) in [5.41, 5.74) is 5.10. The molecule has 2 heterocycles. The lowest BCUT2D eigenvalue weighted by molar-refractivity contribution is 0.877. The van der Waals surface area contributed by atoms with Gasteiger partial charge < -0.3 is 4.90 Å². The number of hydrogen-bond acceptors (Lipinski definition) is 3. The van der Waals surface area contributed by atoms with E-state index in [1.54, 1.807) is 22.7 Å². The second kappa shape index (κ2) is 6.83. The van der Waals surface area contributed by atoms with Gasteiger partial charge in [-0.3, -0.25) is 0 Å². The summed E-state index contributed by atoms with van der Waals surface area (Å²) in [6, 6.07) is 22.8. The van der Waals surface area contributed by atoms with Gasteiger partial charge in [-0.2, -0.15) is 22.7 Å². The summed E-state index contributed by atoms with van der Waals surface area (Å²) >= 11 is 3.48. The molecule has 0 fully saturated rings. The molecule has 3 heteroatoms. The molecule has 4 aromatic carbocycles. The average molecular weight is 424 g/mol. The van der Waals surface area contributed by atoms with Crippen molar-refractivity contribution >= 4 is 72.1 Å². The highest BCUT2D eigenvalue weighted by Crippen LogP contribution is 2.45. The summed E-state index contributed by atoms with van der Waals surface area (Å²) in [5, 5.41) is 16.9. The van der Waals surface area contributed by atoms with Crippen molar-refractivity contribution in [2.24, 2.45) is 0 Å². The Morgan fingerprint density at radius 2 is 1.20 bits per heavy atom. The Hall–Kier alpha value is -2.88. The third-order valence-corrected chi connectivity index (χ3v) is 7.41. The molecule has 1 nitrogen and oxygen atoms in total. The third-order valence-electron chi connectivity index (χ3n) is 6.07. The Morgan fingerprint density at radius 1 is 0.633 bits per heavy atom. The smallest absolute Gasteiger partial charge is 0.0569 e. The van der Waals surface area contributed by atoms with E-state index in [9.17, 15) is 0 Å². The molecule has 6 aromatic rings. The van der Waals surface area contributed by atoms with Crippen LogP contribution in [0.5, 0.6) is 0 Å². The highest BCUT2D eigenvalue weighted by molar-refractivity contribution is 7.08. The highest BCUT2D eigenvalue weighted by atomic mass is 32.1. The normalized spacial score (nSPS) is 12.0. The molecule has 0 atom stereocenters. The van der Waals surface area contributed by atoms with Gasteiger partial charge in [0.05, 0.1) is 17.1 Å². The van der Waals surface area contributed by atoms with E-state index >= 15 is 0 Å². The van der Waals surface area contributed by atoms with Crippen LogP contribution in [0.1, 0.15) is 25.3 Å². The summed E-state index contributed by atoms with van der Waals surface area (Å²) in [4.78, 5) is 2.39. The van der Waals surface area contributed by atoms with Crippen LogP contribution in [0.4, 0.5) is 17.1 Å². The molecule has 0 radical (unpaired) electrons. The van der Waals surface area contributed by atoms with Gasteiger partial charge in [-0.25, -0.2) is 0 Å². The molecule has 0 unspecified atom stereocenters. The topological polar surface area (TPSA) is 3.24 Å². The largest absolute Gasteiger partial charge is 0.308 e. The van der Waals surface area contributed by atoms with Crippen LogP contribution >= 0.6 is 22.7 Å². The molecule has 0 aliphatic heterocycles. The fourth-order valence-electron chi connectivity index (χ4n) is 4.70. The zero-order valence-corrected chi connectivity index (χ0v) is 18.6. The SMILES string of the molecule is CC(C)c1ccc2ccc3c(N(c4ccsc4)c4ccsc4)ccc4ccc1c2c43. The van der Waals surface area contributed by atoms with Crippen molar-refractivity contribution in [2.75, 3.05) is 4.90 Å². The number of rotatable bonds is 4. The van der Waals surface area contributed by atoms with Gasteiger partial charge in [0.15, 0.2) is 0 Å². The van der Waals surface area contributed by atoms with Crippen LogP contribution in [0.3, 0.4) is 0 Å². The molecule has 2 aromatic heterocycles. The standard InChI is InChI=1S/C27H21NS2/c1-17(2)22-7-3-18-5-9-24-25(10-6-19-4-8-23(22)26(18)27(19)24)28(20-11-13-29-15-20)21-12-14-30-16-21/h3-17H,1-2H3. The monoisotopic (exact) mass is 423 g/mol. The second-order valence-electron chi connectivity index (χ2n) is 8.12. The summed E-state index contributed by atoms with van der Waals surface area (Å²) in [7, 11) is 0. The first kappa shape index (κ1) is 17.9. The lowest BCUT2D eigenvalue weighted by Crippen LogP contribution is -2.08. The lowest BCUT2D eigenvalue weighted by Gasteiger charge is -2.25. The Labute approximate surface area is 184 Å². The van der Waals surface area contributed by atoms with Gasteiger partial charge in [0.1, 0.15) is 0 Å². The zero-order valence-electron chi connectivity index (χ0n) is 16.9. The van der Waals surface area contributed by atoms with Crippen molar-refractivity contribution in [1.29, 1.82) is 0 Å². The summed E-state index contributed by atoms with van der Waals surface area (Å²) < 4.78 is 0. The maximum Gasteiger partial charge on any atom is 0.0569 e. The number of nitrogens with zero attached hydrogens (tertiary/aromatic N) is 1. The van der Waals surface area contributed by atoms with E-state index in [0.29, 0.717) is 5.92 Å². The Bertz CT molecular complexity index is 1430. The molecular formula is C27H21NS2. The van der Waals surface area contributed by atoms with Crippen LogP contribution in [0.2, 0.25) is 0 Å². The van der Waals surface area contributed by atoms with E-state index in [1.807, 2.05) is 0 Å². The van der Waals surface area contributed by atoms with Gasteiger partial charge in [-0.1, -0.05) is 56.3 Å². The summed E-state index contributed by atoms with van der Waals surface area (Å²) in [5.74, 6) is 0.502. The van der Waals surface area contributed by atoms with Gasteiger partial charge in [0.2, 0.25) is 0 Å². The van der Waals surface area contributed by atoms with Gasteiger partial charge >= 0.3 is 0 Å². The first-order valence-electron chi connectivity index (χ1n) is 10.3. The van der Waals surface area contributed by atoms with Gasteiger partial charge in [-0.05, 0) is 67.4 Å². The molecule has 0 amide bonds. The molecule has 0 saturated heterocycles. The molecular weight excluding hydrogens is 402 g/mol. The molecule has 0 saturated carbocycles. The van der Waals surface area contributed by atoms with E-state index in [2.05, 4.69) is 101 Å². The average Bonchev–Trinajstić information content (AvgIpc) is 3.48. The molecule has 0 bridgehead atoms. The highest BCUT2D eigenvalue weighted by Gasteiger charge is 2.19. The Kier molecular flexibility index (Phi) is 4.08. The van der Waals surface area contributed by atoms with E-state index in [1.165, 1.54) is 54.9 Å². The summed E-state index contributed by atoms with van der Waals surface area (Å²) in [6.45, 7) is 4.57. The minimum absolute atomic E-state index is 0.502. The Morgan fingerprint density at radius 3 is 1.80 bits per heavy atom. The van der Waals surface area contributed by atoms with Crippen LogP contribution in [0, 0.1) is 0 Å². The van der Waals surface area contributed by atoms with E-state index in [4.69, 9.17) is 0 Å². The predicted octanol–water partition coefficient (Wildman–Crippen LogP) is 9.30. The summed E-state index contributed by atoms with van der Waals surface area (Å²) in [6.07, 6.45) is 0. The molecule has 146 valence electrons. The van der Waals surface area contributed by atoms with Crippen molar-refractivity contribution in [3.05, 3.63) is 87.7 Å². The van der Waals surface area contributed by atoms with Crippen molar-refractivity contribution in [1.82, 2.24) is 0 Å². The third kappa shape index (κ3) is 2.59. The minimum Gasteiger partial charge on any atom is -0.308 e. The molecule has 6 rings (SSSR count). The molecule has 0 aliphatic rings. The van der Waals surface area contributed by atoms with Crippen molar-refractivity contribution in [3.63, 3.8) is 0 Å². The Balaban J connectivity index is 1.73. The number of benzene rings is 4. The number of hydrogen-bond donors (Lipinski definition) is 0. The van der Waals surface area contributed by atoms with Gasteiger partial charge in [0.25, 0.3) is 0 Å². The predicted molar refractivity (Wildman–Crippen MR) is 135 cm³/mol. The second-order valence-corrected chi connectivity index (χ2v) is 9.68. The lowest BCUT2D eigenvalue weighted by atomic mass is 9.88. The molecule has 0 aliphatic carbocycles. The zero-order chi connectivity index (χ0) is 20.2. The maximum absolute atomic E-state index is 2.39. The van der Waals surface area contributed by atoms with Gasteiger partial charge in [-0.15, -0.1) is 0 Å². The molecule has 0 spiro atoms. The van der Waals surface area contributed by atoms with Crippen molar-refractivity contribution in [3.8, 4) is 0 Å². The van der Waals surface area contributed by atoms with Crippen LogP contribution in [-0.2, 0) is 0 Å². The number of anilines is 3. The van der Waals surface area contributed by atoms with Crippen LogP contribution in [0.15, 0.2) is 82.2 Å². The van der Waals surface area contributed by atoms with Gasteiger partial charge in [0, 0.05) is 16.1 Å².